The second-order valence-electron chi connectivity index (χ2n) is 6.05. The first kappa shape index (κ1) is 13.6. The van der Waals surface area contributed by atoms with Gasteiger partial charge in [0.05, 0.1) is 12.1 Å². The van der Waals surface area contributed by atoms with E-state index in [0.717, 1.165) is 25.9 Å². The van der Waals surface area contributed by atoms with Crippen LogP contribution in [0.5, 0.6) is 0 Å². The number of nitrogens with one attached hydrogen (secondary N) is 1. The zero-order chi connectivity index (χ0) is 14.3. The lowest BCUT2D eigenvalue weighted by atomic mass is 10.0. The van der Waals surface area contributed by atoms with Crippen molar-refractivity contribution in [1.82, 2.24) is 20.2 Å². The van der Waals surface area contributed by atoms with Gasteiger partial charge in [-0.1, -0.05) is 0 Å². The SMILES string of the molecule is CN1CC[C@H](ONC(=O)[C@@H]2CC[C@@H]3CN2C(=O)N3C)C1. The average Bonchev–Trinajstić information content (AvgIpc) is 2.95. The van der Waals surface area contributed by atoms with Crippen LogP contribution in [0.2, 0.25) is 0 Å². The third-order valence-electron chi connectivity index (χ3n) is 4.63. The molecule has 0 aromatic carbocycles. The van der Waals surface area contributed by atoms with Gasteiger partial charge in [-0.3, -0.25) is 9.63 Å². The van der Waals surface area contributed by atoms with Gasteiger partial charge in [0, 0.05) is 26.7 Å². The number of likely N-dealkylation sites (N-methyl/N-ethyl adjacent to an activating group) is 2. The summed E-state index contributed by atoms with van der Waals surface area (Å²) in [4.78, 5) is 35.3. The molecule has 0 aromatic rings. The third kappa shape index (κ3) is 2.35. The Morgan fingerprint density at radius 2 is 2.05 bits per heavy atom. The molecule has 0 spiro atoms. The summed E-state index contributed by atoms with van der Waals surface area (Å²) in [5, 5.41) is 0. The van der Waals surface area contributed by atoms with Gasteiger partial charge in [-0.15, -0.1) is 0 Å². The number of piperidine rings is 1. The summed E-state index contributed by atoms with van der Waals surface area (Å²) in [5.74, 6) is -0.193. The predicted octanol–water partition coefficient (Wildman–Crippen LogP) is -0.363. The van der Waals surface area contributed by atoms with Crippen molar-refractivity contribution >= 4 is 11.9 Å². The highest BCUT2D eigenvalue weighted by molar-refractivity contribution is 5.88. The lowest BCUT2D eigenvalue weighted by Crippen LogP contribution is -2.50. The van der Waals surface area contributed by atoms with E-state index in [-0.39, 0.29) is 30.1 Å². The van der Waals surface area contributed by atoms with E-state index in [0.29, 0.717) is 13.0 Å². The summed E-state index contributed by atoms with van der Waals surface area (Å²) in [6.07, 6.45) is 2.57. The van der Waals surface area contributed by atoms with Crippen LogP contribution in [0.25, 0.3) is 0 Å². The highest BCUT2D eigenvalue weighted by Gasteiger charge is 2.45. The maximum absolute atomic E-state index is 12.2. The van der Waals surface area contributed by atoms with Gasteiger partial charge >= 0.3 is 6.03 Å². The van der Waals surface area contributed by atoms with Crippen molar-refractivity contribution in [2.24, 2.45) is 0 Å². The van der Waals surface area contributed by atoms with E-state index in [1.54, 1.807) is 16.8 Å². The van der Waals surface area contributed by atoms with Crippen molar-refractivity contribution < 1.29 is 14.4 Å². The molecule has 2 bridgehead atoms. The van der Waals surface area contributed by atoms with E-state index in [1.807, 2.05) is 7.05 Å². The molecule has 0 saturated carbocycles. The molecular weight excluding hydrogens is 260 g/mol. The number of fused-ring (bicyclic) bond motifs is 2. The van der Waals surface area contributed by atoms with Crippen LogP contribution in [0.15, 0.2) is 0 Å². The molecule has 3 aliphatic rings. The highest BCUT2D eigenvalue weighted by atomic mass is 16.7. The Morgan fingerprint density at radius 3 is 2.75 bits per heavy atom. The van der Waals surface area contributed by atoms with Crippen molar-refractivity contribution in [2.75, 3.05) is 33.7 Å². The number of rotatable bonds is 3. The second-order valence-corrected chi connectivity index (χ2v) is 6.05. The number of carbonyl (C=O) groups is 2. The highest BCUT2D eigenvalue weighted by Crippen LogP contribution is 2.28. The summed E-state index contributed by atoms with van der Waals surface area (Å²) >= 11 is 0. The van der Waals surface area contributed by atoms with E-state index in [4.69, 9.17) is 4.84 Å². The van der Waals surface area contributed by atoms with Crippen LogP contribution in [0.3, 0.4) is 0 Å². The molecule has 3 heterocycles. The van der Waals surface area contributed by atoms with Crippen LogP contribution < -0.4 is 5.48 Å². The van der Waals surface area contributed by atoms with Crippen LogP contribution in [0.1, 0.15) is 19.3 Å². The second kappa shape index (κ2) is 5.21. The molecule has 0 aliphatic carbocycles. The minimum atomic E-state index is -0.386. The fourth-order valence-electron chi connectivity index (χ4n) is 3.31. The van der Waals surface area contributed by atoms with Crippen LogP contribution >= 0.6 is 0 Å². The molecule has 3 rings (SSSR count). The molecule has 1 N–H and O–H groups in total. The Balaban J connectivity index is 1.54. The molecular formula is C13H22N4O3. The Labute approximate surface area is 118 Å². The number of hydroxylamine groups is 1. The minimum absolute atomic E-state index is 0.0479. The molecule has 20 heavy (non-hydrogen) atoms. The zero-order valence-electron chi connectivity index (χ0n) is 12.0. The molecule has 3 saturated heterocycles. The molecule has 0 aromatic heterocycles. The van der Waals surface area contributed by atoms with E-state index in [9.17, 15) is 9.59 Å². The average molecular weight is 282 g/mol. The van der Waals surface area contributed by atoms with Gasteiger partial charge in [0.1, 0.15) is 6.04 Å². The summed E-state index contributed by atoms with van der Waals surface area (Å²) in [6.45, 7) is 2.47. The number of amides is 3. The number of hydrogen-bond donors (Lipinski definition) is 1. The standard InChI is InChI=1S/C13H22N4O3/c1-15-6-5-10(8-15)20-14-12(18)11-4-3-9-7-17(11)13(19)16(9)2/h9-11H,3-8H2,1-2H3,(H,14,18)/t9-,10+,11+/m1/s1. The number of carbonyl (C=O) groups excluding carboxylic acids is 2. The molecule has 0 unspecified atom stereocenters. The van der Waals surface area contributed by atoms with Crippen LogP contribution in [-0.4, -0.2) is 78.6 Å². The van der Waals surface area contributed by atoms with Crippen LogP contribution in [0.4, 0.5) is 4.79 Å². The quantitative estimate of drug-likeness (QED) is 0.718. The first-order valence-corrected chi connectivity index (χ1v) is 7.23. The molecule has 3 atom stereocenters. The van der Waals surface area contributed by atoms with Crippen molar-refractivity contribution in [1.29, 1.82) is 0 Å². The summed E-state index contributed by atoms with van der Waals surface area (Å²) in [6, 6.07) is -0.174. The molecule has 3 amide bonds. The fraction of sp³-hybridized carbons (Fsp3) is 0.846. The van der Waals surface area contributed by atoms with Gasteiger partial charge in [-0.2, -0.15) is 0 Å². The molecule has 3 aliphatic heterocycles. The molecule has 112 valence electrons. The van der Waals surface area contributed by atoms with E-state index < -0.39 is 0 Å². The van der Waals surface area contributed by atoms with Crippen molar-refractivity contribution in [3.8, 4) is 0 Å². The van der Waals surface area contributed by atoms with Crippen molar-refractivity contribution in [2.45, 2.75) is 37.5 Å². The van der Waals surface area contributed by atoms with Crippen LogP contribution in [-0.2, 0) is 9.63 Å². The molecule has 7 heteroatoms. The van der Waals surface area contributed by atoms with Gasteiger partial charge < -0.3 is 14.7 Å². The summed E-state index contributed by atoms with van der Waals surface area (Å²) < 4.78 is 0. The van der Waals surface area contributed by atoms with Crippen molar-refractivity contribution in [3.63, 3.8) is 0 Å². The Bertz CT molecular complexity index is 416. The Morgan fingerprint density at radius 1 is 1.25 bits per heavy atom. The third-order valence-corrected chi connectivity index (χ3v) is 4.63. The molecule has 0 radical (unpaired) electrons. The number of hydrogen-bond acceptors (Lipinski definition) is 4. The maximum Gasteiger partial charge on any atom is 0.320 e. The Kier molecular flexibility index (Phi) is 3.55. The topological polar surface area (TPSA) is 65.1 Å². The maximum atomic E-state index is 12.2. The fourth-order valence-corrected chi connectivity index (χ4v) is 3.31. The van der Waals surface area contributed by atoms with Gasteiger partial charge in [-0.25, -0.2) is 10.3 Å². The van der Waals surface area contributed by atoms with Crippen molar-refractivity contribution in [3.05, 3.63) is 0 Å². The lowest BCUT2D eigenvalue weighted by molar-refractivity contribution is -0.143. The molecule has 3 fully saturated rings. The van der Waals surface area contributed by atoms with E-state index in [2.05, 4.69) is 10.4 Å². The number of urea groups is 1. The lowest BCUT2D eigenvalue weighted by Gasteiger charge is -2.29. The van der Waals surface area contributed by atoms with Gasteiger partial charge in [0.15, 0.2) is 0 Å². The predicted molar refractivity (Wildman–Crippen MR) is 71.8 cm³/mol. The minimum Gasteiger partial charge on any atom is -0.323 e. The molecule has 7 nitrogen and oxygen atoms in total. The summed E-state index contributed by atoms with van der Waals surface area (Å²) in [5.41, 5.74) is 2.56. The first-order valence-electron chi connectivity index (χ1n) is 7.23. The number of nitrogens with zero attached hydrogens (tertiary/aromatic N) is 3. The van der Waals surface area contributed by atoms with Gasteiger partial charge in [0.25, 0.3) is 5.91 Å². The Hall–Kier alpha value is -1.34. The van der Waals surface area contributed by atoms with E-state index >= 15 is 0 Å². The largest absolute Gasteiger partial charge is 0.323 e. The zero-order valence-corrected chi connectivity index (χ0v) is 12.0. The summed E-state index contributed by atoms with van der Waals surface area (Å²) in [7, 11) is 3.84. The van der Waals surface area contributed by atoms with E-state index in [1.165, 1.54) is 0 Å². The van der Waals surface area contributed by atoms with Gasteiger partial charge in [-0.05, 0) is 26.3 Å². The first-order chi connectivity index (χ1) is 9.56. The monoisotopic (exact) mass is 282 g/mol. The number of likely N-dealkylation sites (tertiary alicyclic amines) is 1. The van der Waals surface area contributed by atoms with Gasteiger partial charge in [0.2, 0.25) is 0 Å². The normalized spacial score (nSPS) is 33.9. The smallest absolute Gasteiger partial charge is 0.320 e. The van der Waals surface area contributed by atoms with Crippen LogP contribution in [0, 0.1) is 0 Å².